The largest absolute Gasteiger partial charge is 0.338 e. The third-order valence-corrected chi connectivity index (χ3v) is 11.4. The van der Waals surface area contributed by atoms with Crippen molar-refractivity contribution in [2.75, 3.05) is 65.1 Å². The number of nitrogens with one attached hydrogen (secondary N) is 3. The molecule has 4 aliphatic heterocycles. The highest BCUT2D eigenvalue weighted by atomic mass is 32.2. The van der Waals surface area contributed by atoms with E-state index in [0.29, 0.717) is 76.6 Å². The van der Waals surface area contributed by atoms with E-state index in [1.54, 1.807) is 21.6 Å². The van der Waals surface area contributed by atoms with Gasteiger partial charge in [0.2, 0.25) is 5.91 Å². The summed E-state index contributed by atoms with van der Waals surface area (Å²) in [6, 6.07) is 5.12. The first-order valence-electron chi connectivity index (χ1n) is 18.6. The SMILES string of the molecule is [2H]c1n[nH]c2c(C)cc(C[C@@H](NC(=O)N3CCC(c4cc5c([nH]c4=O)SCC5)CC3)C(=O)N3CCN(C4CCN(C([2H])([2H])[2H])CC4)CC3)cc12. The van der Waals surface area contributed by atoms with Gasteiger partial charge < -0.3 is 25.0 Å². The van der Waals surface area contributed by atoms with Gasteiger partial charge in [-0.25, -0.2) is 4.79 Å². The van der Waals surface area contributed by atoms with Crippen molar-refractivity contribution in [2.24, 2.45) is 0 Å². The number of amides is 3. The molecule has 0 aliphatic carbocycles. The summed E-state index contributed by atoms with van der Waals surface area (Å²) in [5.74, 6) is 0.928. The van der Waals surface area contributed by atoms with Crippen LogP contribution in [0.3, 0.4) is 0 Å². The second-order valence-corrected chi connectivity index (χ2v) is 14.3. The van der Waals surface area contributed by atoms with Gasteiger partial charge in [-0.05, 0) is 93.8 Å². The van der Waals surface area contributed by atoms with Crippen molar-refractivity contribution < 1.29 is 15.1 Å². The van der Waals surface area contributed by atoms with E-state index < -0.39 is 13.0 Å². The summed E-state index contributed by atoms with van der Waals surface area (Å²) >= 11 is 1.69. The molecule has 1 atom stereocenters. The van der Waals surface area contributed by atoms with Gasteiger partial charge >= 0.3 is 6.03 Å². The molecule has 246 valence electrons. The van der Waals surface area contributed by atoms with Crippen LogP contribution in [0, 0.1) is 6.92 Å². The first kappa shape index (κ1) is 26.7. The molecule has 0 radical (unpaired) electrons. The van der Waals surface area contributed by atoms with Gasteiger partial charge in [-0.15, -0.1) is 11.8 Å². The number of carbonyl (C=O) groups excluding carboxylic acids is 2. The maximum absolute atomic E-state index is 14.2. The number of aromatic amines is 2. The number of hydrogen-bond donors (Lipinski definition) is 3. The minimum atomic E-state index is -2.06. The fraction of sp³-hybridized carbons (Fsp3) is 0.588. The van der Waals surface area contributed by atoms with Gasteiger partial charge in [-0.2, -0.15) is 5.10 Å². The minimum absolute atomic E-state index is 0.0337. The van der Waals surface area contributed by atoms with E-state index in [4.69, 9.17) is 5.48 Å². The Morgan fingerprint density at radius 3 is 2.61 bits per heavy atom. The molecule has 12 heteroatoms. The zero-order valence-electron chi connectivity index (χ0n) is 30.4. The quantitative estimate of drug-likeness (QED) is 0.375. The molecule has 2 aromatic heterocycles. The molecule has 46 heavy (non-hydrogen) atoms. The number of piperidine rings is 2. The molecule has 0 unspecified atom stereocenters. The van der Waals surface area contributed by atoms with Crippen LogP contribution in [0.1, 0.15) is 59.3 Å². The number of aromatic nitrogens is 3. The van der Waals surface area contributed by atoms with Crippen LogP contribution in [0.25, 0.3) is 10.9 Å². The van der Waals surface area contributed by atoms with E-state index in [0.717, 1.165) is 52.2 Å². The molecule has 3 amide bonds. The van der Waals surface area contributed by atoms with Gasteiger partial charge in [-0.3, -0.25) is 19.6 Å². The van der Waals surface area contributed by atoms with Crippen molar-refractivity contribution in [3.05, 3.63) is 57.0 Å². The van der Waals surface area contributed by atoms with Gasteiger partial charge in [0.25, 0.3) is 5.56 Å². The van der Waals surface area contributed by atoms with Crippen LogP contribution in [-0.4, -0.2) is 124 Å². The molecule has 0 spiro atoms. The predicted molar refractivity (Wildman–Crippen MR) is 181 cm³/mol. The maximum Gasteiger partial charge on any atom is 0.318 e. The van der Waals surface area contributed by atoms with Crippen LogP contribution in [-0.2, 0) is 17.6 Å². The standard InChI is InChI=1S/C34H46N8O3S/c1-22-17-23(18-26-21-35-38-30(22)26)19-29(33(44)41-14-12-40(13-15-41)27-5-8-39(2)9-6-27)36-34(45)42-10-3-24(4-11-42)28-20-25-7-16-46-32(25)37-31(28)43/h17-18,20-21,24,27,29H,3-16,19H2,1-2H3,(H,35,38)(H,36,45)(H,37,43)/t29-/m1/s1/i2D3,21D. The highest BCUT2D eigenvalue weighted by Crippen LogP contribution is 2.32. The number of benzene rings is 1. The van der Waals surface area contributed by atoms with Crippen molar-refractivity contribution in [2.45, 2.75) is 68.5 Å². The summed E-state index contributed by atoms with van der Waals surface area (Å²) in [6.45, 7) is 4.38. The monoisotopic (exact) mass is 650 g/mol. The van der Waals surface area contributed by atoms with Crippen LogP contribution < -0.4 is 10.9 Å². The summed E-state index contributed by atoms with van der Waals surface area (Å²) in [7, 11) is 0. The highest BCUT2D eigenvalue weighted by molar-refractivity contribution is 7.99. The average molecular weight is 651 g/mol. The molecule has 3 fully saturated rings. The van der Waals surface area contributed by atoms with Crippen LogP contribution in [0.5, 0.6) is 0 Å². The number of thioether (sulfide) groups is 1. The van der Waals surface area contributed by atoms with E-state index in [9.17, 15) is 14.4 Å². The zero-order chi connectivity index (χ0) is 35.2. The second kappa shape index (κ2) is 13.4. The Morgan fingerprint density at radius 1 is 1.07 bits per heavy atom. The molecule has 1 aromatic carbocycles. The fourth-order valence-electron chi connectivity index (χ4n) is 7.64. The molecule has 0 saturated carbocycles. The Balaban J connectivity index is 1.02. The van der Waals surface area contributed by atoms with Crippen molar-refractivity contribution in [3.63, 3.8) is 0 Å². The lowest BCUT2D eigenvalue weighted by atomic mass is 9.89. The van der Waals surface area contributed by atoms with Gasteiger partial charge in [0, 0.05) is 72.5 Å². The number of carbonyl (C=O) groups is 2. The summed E-state index contributed by atoms with van der Waals surface area (Å²) in [6.07, 6.45) is 4.30. The fourth-order valence-corrected chi connectivity index (χ4v) is 8.68. The number of H-pyrrole nitrogens is 2. The first-order chi connectivity index (χ1) is 23.9. The third-order valence-electron chi connectivity index (χ3n) is 10.3. The van der Waals surface area contributed by atoms with Gasteiger partial charge in [0.05, 0.1) is 18.1 Å². The van der Waals surface area contributed by atoms with Crippen molar-refractivity contribution in [1.82, 2.24) is 40.1 Å². The molecular weight excluding hydrogens is 600 g/mol. The van der Waals surface area contributed by atoms with E-state index in [1.807, 2.05) is 24.0 Å². The summed E-state index contributed by atoms with van der Waals surface area (Å²) in [5, 5.41) is 11.7. The number of rotatable bonds is 6. The molecular formula is C34H46N8O3S. The molecule has 3 saturated heterocycles. The van der Waals surface area contributed by atoms with E-state index in [1.165, 1.54) is 5.56 Å². The Bertz CT molecular complexity index is 1790. The average Bonchev–Trinajstić information content (AvgIpc) is 3.73. The van der Waals surface area contributed by atoms with Crippen LogP contribution in [0.2, 0.25) is 0 Å². The first-order valence-corrected chi connectivity index (χ1v) is 17.6. The molecule has 7 rings (SSSR count). The number of likely N-dealkylation sites (tertiary alicyclic amines) is 2. The third kappa shape index (κ3) is 6.57. The topological polar surface area (TPSA) is 121 Å². The summed E-state index contributed by atoms with van der Waals surface area (Å²) in [4.78, 5) is 51.4. The number of fused-ring (bicyclic) bond motifs is 2. The smallest absolute Gasteiger partial charge is 0.318 e. The molecule has 6 heterocycles. The minimum Gasteiger partial charge on any atom is -0.338 e. The number of nitrogens with zero attached hydrogens (tertiary/aromatic N) is 5. The lowest BCUT2D eigenvalue weighted by Crippen LogP contribution is -2.59. The lowest BCUT2D eigenvalue weighted by molar-refractivity contribution is -0.135. The van der Waals surface area contributed by atoms with Crippen molar-refractivity contribution in [3.8, 4) is 0 Å². The summed E-state index contributed by atoms with van der Waals surface area (Å²) < 4.78 is 31.4. The van der Waals surface area contributed by atoms with Gasteiger partial charge in [-0.1, -0.05) is 6.07 Å². The molecule has 3 aromatic rings. The zero-order valence-corrected chi connectivity index (χ0v) is 27.3. The second-order valence-electron chi connectivity index (χ2n) is 13.2. The van der Waals surface area contributed by atoms with Gasteiger partial charge in [0.15, 0.2) is 0 Å². The van der Waals surface area contributed by atoms with Crippen LogP contribution in [0.15, 0.2) is 34.2 Å². The molecule has 4 aliphatic rings. The Hall–Kier alpha value is -3.35. The van der Waals surface area contributed by atoms with Crippen LogP contribution in [0.4, 0.5) is 4.79 Å². The Labute approximate surface area is 280 Å². The molecule has 0 bridgehead atoms. The predicted octanol–water partition coefficient (Wildman–Crippen LogP) is 2.95. The Morgan fingerprint density at radius 2 is 1.85 bits per heavy atom. The maximum atomic E-state index is 14.2. The van der Waals surface area contributed by atoms with Crippen molar-refractivity contribution >= 4 is 34.6 Å². The number of urea groups is 1. The lowest BCUT2D eigenvalue weighted by Gasteiger charge is -2.43. The highest BCUT2D eigenvalue weighted by Gasteiger charge is 2.34. The van der Waals surface area contributed by atoms with Gasteiger partial charge in [0.1, 0.15) is 6.04 Å². The van der Waals surface area contributed by atoms with E-state index in [2.05, 4.69) is 31.5 Å². The van der Waals surface area contributed by atoms with Crippen molar-refractivity contribution in [1.29, 1.82) is 0 Å². The number of hydrogen-bond acceptors (Lipinski definition) is 7. The molecule has 3 N–H and O–H groups in total. The molecule has 11 nitrogen and oxygen atoms in total. The van der Waals surface area contributed by atoms with E-state index >= 15 is 0 Å². The Kier molecular flexibility index (Phi) is 7.78. The van der Waals surface area contributed by atoms with Crippen LogP contribution >= 0.6 is 11.8 Å². The number of piperazine rings is 1. The number of aryl methyl sites for hydroxylation is 2. The number of pyridine rings is 1. The normalized spacial score (nSPS) is 22.6. The van der Waals surface area contributed by atoms with E-state index in [-0.39, 0.29) is 36.0 Å². The summed E-state index contributed by atoms with van der Waals surface area (Å²) in [5.41, 5.74) is 4.52.